The van der Waals surface area contributed by atoms with E-state index in [1.165, 1.54) is 12.3 Å². The molecule has 0 fully saturated rings. The fourth-order valence-electron chi connectivity index (χ4n) is 2.75. The zero-order chi connectivity index (χ0) is 18.9. The molecule has 0 aliphatic heterocycles. The molecule has 5 nitrogen and oxygen atoms in total. The second kappa shape index (κ2) is 9.70. The predicted molar refractivity (Wildman–Crippen MR) is 105 cm³/mol. The average molecular weight is 353 g/mol. The van der Waals surface area contributed by atoms with Gasteiger partial charge in [-0.1, -0.05) is 45.4 Å². The van der Waals surface area contributed by atoms with Gasteiger partial charge >= 0.3 is 0 Å². The van der Waals surface area contributed by atoms with Crippen molar-refractivity contribution in [3.8, 4) is 0 Å². The Bertz CT molecular complexity index is 749. The number of anilines is 1. The highest BCUT2D eigenvalue weighted by Gasteiger charge is 2.14. The lowest BCUT2D eigenvalue weighted by Crippen LogP contribution is -2.25. The smallest absolute Gasteiger partial charge is 0.269 e. The molecule has 138 valence electrons. The SMILES string of the molecule is CCCCNC(=O)c1cc(C(=O)Nc2c(CC)cccc2CC)ccn1. The van der Waals surface area contributed by atoms with E-state index in [0.717, 1.165) is 42.5 Å². The van der Waals surface area contributed by atoms with Gasteiger partial charge in [-0.2, -0.15) is 0 Å². The number of nitrogens with zero attached hydrogens (tertiary/aromatic N) is 1. The van der Waals surface area contributed by atoms with Crippen LogP contribution in [0.4, 0.5) is 5.69 Å². The molecule has 0 bridgehead atoms. The van der Waals surface area contributed by atoms with Gasteiger partial charge < -0.3 is 10.6 Å². The first kappa shape index (κ1) is 19.6. The summed E-state index contributed by atoms with van der Waals surface area (Å²) in [5.74, 6) is -0.484. The molecule has 1 aromatic heterocycles. The van der Waals surface area contributed by atoms with E-state index in [-0.39, 0.29) is 17.5 Å². The third-order valence-corrected chi connectivity index (χ3v) is 4.31. The number of aromatic nitrogens is 1. The largest absolute Gasteiger partial charge is 0.351 e. The van der Waals surface area contributed by atoms with Gasteiger partial charge in [0.05, 0.1) is 0 Å². The van der Waals surface area contributed by atoms with E-state index < -0.39 is 0 Å². The van der Waals surface area contributed by atoms with E-state index in [0.29, 0.717) is 12.1 Å². The lowest BCUT2D eigenvalue weighted by Gasteiger charge is -2.14. The molecule has 0 aliphatic carbocycles. The zero-order valence-corrected chi connectivity index (χ0v) is 15.8. The monoisotopic (exact) mass is 353 g/mol. The van der Waals surface area contributed by atoms with Crippen molar-refractivity contribution >= 4 is 17.5 Å². The molecule has 0 radical (unpaired) electrons. The van der Waals surface area contributed by atoms with Crippen LogP contribution in [0, 0.1) is 0 Å². The molecule has 2 rings (SSSR count). The summed E-state index contributed by atoms with van der Waals surface area (Å²) in [4.78, 5) is 28.9. The summed E-state index contributed by atoms with van der Waals surface area (Å²) in [5.41, 5.74) is 3.75. The van der Waals surface area contributed by atoms with Crippen LogP contribution in [0.1, 0.15) is 65.6 Å². The van der Waals surface area contributed by atoms with Crippen LogP contribution in [0.15, 0.2) is 36.5 Å². The molecule has 0 aliphatic rings. The number of pyridine rings is 1. The van der Waals surface area contributed by atoms with Crippen molar-refractivity contribution in [3.63, 3.8) is 0 Å². The Kier molecular flexibility index (Phi) is 7.33. The highest BCUT2D eigenvalue weighted by atomic mass is 16.2. The third kappa shape index (κ3) is 4.91. The molecule has 2 aromatic rings. The van der Waals surface area contributed by atoms with Gasteiger partial charge in [-0.05, 0) is 42.5 Å². The zero-order valence-electron chi connectivity index (χ0n) is 15.8. The third-order valence-electron chi connectivity index (χ3n) is 4.31. The number of rotatable bonds is 8. The number of unbranched alkanes of at least 4 members (excludes halogenated alkanes) is 1. The topological polar surface area (TPSA) is 71.1 Å². The van der Waals surface area contributed by atoms with Crippen LogP contribution in [0.25, 0.3) is 0 Å². The van der Waals surface area contributed by atoms with E-state index >= 15 is 0 Å². The fraction of sp³-hybridized carbons (Fsp3) is 0.381. The van der Waals surface area contributed by atoms with Crippen molar-refractivity contribution in [3.05, 3.63) is 58.9 Å². The molecule has 0 atom stereocenters. The van der Waals surface area contributed by atoms with Crippen molar-refractivity contribution < 1.29 is 9.59 Å². The first-order valence-corrected chi connectivity index (χ1v) is 9.27. The molecule has 0 saturated heterocycles. The molecule has 2 N–H and O–H groups in total. The van der Waals surface area contributed by atoms with Gasteiger partial charge in [0, 0.05) is 24.0 Å². The summed E-state index contributed by atoms with van der Waals surface area (Å²) in [6.45, 7) is 6.80. The van der Waals surface area contributed by atoms with E-state index in [4.69, 9.17) is 0 Å². The molecule has 2 amide bonds. The van der Waals surface area contributed by atoms with Crippen LogP contribution in [0.5, 0.6) is 0 Å². The lowest BCUT2D eigenvalue weighted by atomic mass is 10.0. The van der Waals surface area contributed by atoms with Crippen LogP contribution >= 0.6 is 0 Å². The summed E-state index contributed by atoms with van der Waals surface area (Å²) in [7, 11) is 0. The van der Waals surface area contributed by atoms with Crippen molar-refractivity contribution in [1.82, 2.24) is 10.3 Å². The highest BCUT2D eigenvalue weighted by molar-refractivity contribution is 6.06. The van der Waals surface area contributed by atoms with E-state index in [1.807, 2.05) is 18.2 Å². The van der Waals surface area contributed by atoms with Crippen LogP contribution in [0.2, 0.25) is 0 Å². The number of carbonyl (C=O) groups is 2. The minimum atomic E-state index is -0.253. The van der Waals surface area contributed by atoms with Gasteiger partial charge in [0.2, 0.25) is 0 Å². The molecule has 5 heteroatoms. The van der Waals surface area contributed by atoms with Crippen molar-refractivity contribution in [1.29, 1.82) is 0 Å². The summed E-state index contributed by atoms with van der Waals surface area (Å²) in [6.07, 6.45) is 5.10. The number of nitrogens with one attached hydrogen (secondary N) is 2. The number of aryl methyl sites for hydroxylation is 2. The maximum Gasteiger partial charge on any atom is 0.269 e. The Balaban J connectivity index is 2.18. The molecule has 1 heterocycles. The number of carbonyl (C=O) groups excluding carboxylic acids is 2. The molecular weight excluding hydrogens is 326 g/mol. The van der Waals surface area contributed by atoms with Crippen LogP contribution < -0.4 is 10.6 Å². The number of para-hydroxylation sites is 1. The van der Waals surface area contributed by atoms with Gasteiger partial charge in [0.1, 0.15) is 5.69 Å². The molecule has 1 aromatic carbocycles. The maximum atomic E-state index is 12.7. The quantitative estimate of drug-likeness (QED) is 0.705. The number of amides is 2. The predicted octanol–water partition coefficient (Wildman–Crippen LogP) is 3.99. The van der Waals surface area contributed by atoms with E-state index in [9.17, 15) is 9.59 Å². The number of hydrogen-bond donors (Lipinski definition) is 2. The van der Waals surface area contributed by atoms with Crippen molar-refractivity contribution in [2.24, 2.45) is 0 Å². The van der Waals surface area contributed by atoms with Gasteiger partial charge in [0.15, 0.2) is 0 Å². The molecule has 0 unspecified atom stereocenters. The number of hydrogen-bond acceptors (Lipinski definition) is 3. The Hall–Kier alpha value is -2.69. The van der Waals surface area contributed by atoms with E-state index in [2.05, 4.69) is 36.4 Å². The summed E-state index contributed by atoms with van der Waals surface area (Å²) >= 11 is 0. The fourth-order valence-corrected chi connectivity index (χ4v) is 2.75. The minimum Gasteiger partial charge on any atom is -0.351 e. The van der Waals surface area contributed by atoms with Crippen molar-refractivity contribution in [2.75, 3.05) is 11.9 Å². The Labute approximate surface area is 155 Å². The van der Waals surface area contributed by atoms with Crippen molar-refractivity contribution in [2.45, 2.75) is 46.5 Å². The van der Waals surface area contributed by atoms with Gasteiger partial charge in [-0.25, -0.2) is 0 Å². The first-order chi connectivity index (χ1) is 12.6. The first-order valence-electron chi connectivity index (χ1n) is 9.27. The Morgan fingerprint density at radius 1 is 1.00 bits per heavy atom. The van der Waals surface area contributed by atoms with Crippen LogP contribution in [0.3, 0.4) is 0 Å². The average Bonchev–Trinajstić information content (AvgIpc) is 2.68. The lowest BCUT2D eigenvalue weighted by molar-refractivity contribution is 0.0948. The maximum absolute atomic E-state index is 12.7. The molecule has 26 heavy (non-hydrogen) atoms. The van der Waals surface area contributed by atoms with Gasteiger partial charge in [-0.3, -0.25) is 14.6 Å². The second-order valence-corrected chi connectivity index (χ2v) is 6.15. The summed E-state index contributed by atoms with van der Waals surface area (Å²) in [5, 5.41) is 5.84. The molecule has 0 saturated carbocycles. The normalized spacial score (nSPS) is 10.4. The highest BCUT2D eigenvalue weighted by Crippen LogP contribution is 2.23. The van der Waals surface area contributed by atoms with Gasteiger partial charge in [-0.15, -0.1) is 0 Å². The van der Waals surface area contributed by atoms with Crippen LogP contribution in [-0.2, 0) is 12.8 Å². The van der Waals surface area contributed by atoms with Gasteiger partial charge in [0.25, 0.3) is 11.8 Å². The molecular formula is C21H27N3O2. The van der Waals surface area contributed by atoms with Crippen LogP contribution in [-0.4, -0.2) is 23.3 Å². The summed E-state index contributed by atoms with van der Waals surface area (Å²) in [6, 6.07) is 9.22. The Morgan fingerprint density at radius 3 is 2.31 bits per heavy atom. The van der Waals surface area contributed by atoms with E-state index in [1.54, 1.807) is 6.07 Å². The standard InChI is InChI=1S/C21H27N3O2/c1-4-7-12-23-21(26)18-14-17(11-13-22-18)20(25)24-19-15(5-2)9-8-10-16(19)6-3/h8-11,13-14H,4-7,12H2,1-3H3,(H,23,26)(H,24,25). The Morgan fingerprint density at radius 2 is 1.69 bits per heavy atom. The number of benzene rings is 1. The second-order valence-electron chi connectivity index (χ2n) is 6.15. The summed E-state index contributed by atoms with van der Waals surface area (Å²) < 4.78 is 0. The minimum absolute atomic E-state index is 0.231. The molecule has 0 spiro atoms.